The Morgan fingerprint density at radius 3 is 2.42 bits per heavy atom. The third-order valence-corrected chi connectivity index (χ3v) is 3.63. The molecular formula is C16H14Cl2O. The number of benzene rings is 2. The van der Waals surface area contributed by atoms with Crippen molar-refractivity contribution in [2.75, 3.05) is 0 Å². The van der Waals surface area contributed by atoms with Crippen LogP contribution in [0.4, 0.5) is 0 Å². The van der Waals surface area contributed by atoms with Gasteiger partial charge < -0.3 is 0 Å². The number of ketones is 1. The second-order valence-corrected chi connectivity index (χ2v) is 5.41. The van der Waals surface area contributed by atoms with Crippen LogP contribution in [0, 0.1) is 5.92 Å². The molecule has 0 N–H and O–H groups in total. The van der Waals surface area contributed by atoms with Crippen molar-refractivity contribution in [3.63, 3.8) is 0 Å². The van der Waals surface area contributed by atoms with Crippen molar-refractivity contribution >= 4 is 29.0 Å². The summed E-state index contributed by atoms with van der Waals surface area (Å²) in [7, 11) is 0. The van der Waals surface area contributed by atoms with E-state index in [0.717, 1.165) is 11.1 Å². The lowest BCUT2D eigenvalue weighted by atomic mass is 9.93. The first-order valence-corrected chi connectivity index (χ1v) is 6.86. The van der Waals surface area contributed by atoms with E-state index in [2.05, 4.69) is 0 Å². The molecule has 0 heterocycles. The van der Waals surface area contributed by atoms with Gasteiger partial charge in [-0.2, -0.15) is 0 Å². The summed E-state index contributed by atoms with van der Waals surface area (Å²) in [6.45, 7) is 1.92. The molecule has 98 valence electrons. The SMILES string of the molecule is CC(Cc1ccc(Cl)cc1Cl)C(=O)c1ccccc1. The molecule has 0 aliphatic heterocycles. The highest BCUT2D eigenvalue weighted by Crippen LogP contribution is 2.24. The summed E-state index contributed by atoms with van der Waals surface area (Å²) in [5, 5.41) is 1.22. The molecule has 1 atom stereocenters. The van der Waals surface area contributed by atoms with Crippen molar-refractivity contribution in [2.24, 2.45) is 5.92 Å². The summed E-state index contributed by atoms with van der Waals surface area (Å²) in [6, 6.07) is 14.7. The van der Waals surface area contributed by atoms with Crippen LogP contribution in [0.5, 0.6) is 0 Å². The van der Waals surface area contributed by atoms with E-state index >= 15 is 0 Å². The first-order chi connectivity index (χ1) is 9.08. The number of hydrogen-bond donors (Lipinski definition) is 0. The number of halogens is 2. The molecule has 2 aromatic rings. The van der Waals surface area contributed by atoms with Gasteiger partial charge in [-0.1, -0.05) is 66.5 Å². The van der Waals surface area contributed by atoms with E-state index in [1.807, 2.05) is 43.3 Å². The Kier molecular flexibility index (Phi) is 4.62. The Hall–Kier alpha value is -1.31. The molecule has 2 aromatic carbocycles. The van der Waals surface area contributed by atoms with Gasteiger partial charge in [-0.25, -0.2) is 0 Å². The molecule has 1 nitrogen and oxygen atoms in total. The third kappa shape index (κ3) is 3.59. The van der Waals surface area contributed by atoms with Gasteiger partial charge in [0.05, 0.1) is 0 Å². The van der Waals surface area contributed by atoms with Crippen LogP contribution >= 0.6 is 23.2 Å². The number of Topliss-reactive ketones (excluding diaryl/α,β-unsaturated/α-hetero) is 1. The summed E-state index contributed by atoms with van der Waals surface area (Å²) in [6.07, 6.45) is 0.615. The minimum Gasteiger partial charge on any atom is -0.294 e. The summed E-state index contributed by atoms with van der Waals surface area (Å²) >= 11 is 12.0. The molecule has 0 fully saturated rings. The third-order valence-electron chi connectivity index (χ3n) is 3.05. The zero-order valence-corrected chi connectivity index (χ0v) is 12.1. The number of carbonyl (C=O) groups excluding carboxylic acids is 1. The second kappa shape index (κ2) is 6.23. The van der Waals surface area contributed by atoms with E-state index in [-0.39, 0.29) is 11.7 Å². The molecule has 0 saturated heterocycles. The lowest BCUT2D eigenvalue weighted by Gasteiger charge is -2.12. The van der Waals surface area contributed by atoms with E-state index in [0.29, 0.717) is 16.5 Å². The van der Waals surface area contributed by atoms with Gasteiger partial charge in [-0.15, -0.1) is 0 Å². The summed E-state index contributed by atoms with van der Waals surface area (Å²) in [4.78, 5) is 12.3. The zero-order valence-electron chi connectivity index (χ0n) is 10.6. The molecule has 0 amide bonds. The van der Waals surface area contributed by atoms with Crippen molar-refractivity contribution in [3.8, 4) is 0 Å². The van der Waals surface area contributed by atoms with E-state index in [1.165, 1.54) is 0 Å². The van der Waals surface area contributed by atoms with E-state index in [9.17, 15) is 4.79 Å². The van der Waals surface area contributed by atoms with Crippen LogP contribution in [0.15, 0.2) is 48.5 Å². The van der Waals surface area contributed by atoms with Gasteiger partial charge in [0, 0.05) is 21.5 Å². The van der Waals surface area contributed by atoms with E-state index in [1.54, 1.807) is 12.1 Å². The molecule has 0 aliphatic carbocycles. The summed E-state index contributed by atoms with van der Waals surface area (Å²) < 4.78 is 0. The monoisotopic (exact) mass is 292 g/mol. The fourth-order valence-electron chi connectivity index (χ4n) is 2.00. The van der Waals surface area contributed by atoms with Crippen LogP contribution < -0.4 is 0 Å². The second-order valence-electron chi connectivity index (χ2n) is 4.57. The van der Waals surface area contributed by atoms with Crippen molar-refractivity contribution in [2.45, 2.75) is 13.3 Å². The minimum atomic E-state index is -0.110. The number of rotatable bonds is 4. The summed E-state index contributed by atoms with van der Waals surface area (Å²) in [5.74, 6) is 0.0210. The van der Waals surface area contributed by atoms with Gasteiger partial charge in [-0.3, -0.25) is 4.79 Å². The van der Waals surface area contributed by atoms with Gasteiger partial charge in [0.2, 0.25) is 0 Å². The predicted molar refractivity (Wildman–Crippen MR) is 80.1 cm³/mol. The van der Waals surface area contributed by atoms with Gasteiger partial charge in [-0.05, 0) is 24.1 Å². The molecule has 19 heavy (non-hydrogen) atoms. The predicted octanol–water partition coefficient (Wildman–Crippen LogP) is 5.05. The number of carbonyl (C=O) groups is 1. The largest absolute Gasteiger partial charge is 0.294 e. The Bertz CT molecular complexity index is 579. The smallest absolute Gasteiger partial charge is 0.165 e. The molecule has 0 aliphatic rings. The fraction of sp³-hybridized carbons (Fsp3) is 0.188. The first-order valence-electron chi connectivity index (χ1n) is 6.11. The van der Waals surface area contributed by atoms with Crippen LogP contribution in [0.25, 0.3) is 0 Å². The highest BCUT2D eigenvalue weighted by Gasteiger charge is 2.16. The quantitative estimate of drug-likeness (QED) is 0.720. The first kappa shape index (κ1) is 14.1. The van der Waals surface area contributed by atoms with E-state index in [4.69, 9.17) is 23.2 Å². The maximum Gasteiger partial charge on any atom is 0.165 e. The lowest BCUT2D eigenvalue weighted by Crippen LogP contribution is -2.14. The molecule has 0 aromatic heterocycles. The topological polar surface area (TPSA) is 17.1 Å². The molecule has 0 radical (unpaired) electrons. The van der Waals surface area contributed by atoms with E-state index < -0.39 is 0 Å². The van der Waals surface area contributed by atoms with Crippen molar-refractivity contribution < 1.29 is 4.79 Å². The Balaban J connectivity index is 2.13. The Morgan fingerprint density at radius 1 is 1.11 bits per heavy atom. The van der Waals surface area contributed by atoms with Gasteiger partial charge in [0.15, 0.2) is 5.78 Å². The van der Waals surface area contributed by atoms with Crippen molar-refractivity contribution in [1.29, 1.82) is 0 Å². The van der Waals surface area contributed by atoms with Crippen molar-refractivity contribution in [3.05, 3.63) is 69.7 Å². The molecule has 0 bridgehead atoms. The average molecular weight is 293 g/mol. The maximum atomic E-state index is 12.3. The van der Waals surface area contributed by atoms with Gasteiger partial charge in [0.1, 0.15) is 0 Å². The Labute approximate surface area is 123 Å². The highest BCUT2D eigenvalue weighted by molar-refractivity contribution is 6.35. The molecule has 0 saturated carbocycles. The van der Waals surface area contributed by atoms with Crippen LogP contribution in [0.1, 0.15) is 22.8 Å². The molecule has 2 rings (SSSR count). The van der Waals surface area contributed by atoms with Crippen LogP contribution in [0.2, 0.25) is 10.0 Å². The standard InChI is InChI=1S/C16H14Cl2O/c1-11(16(19)12-5-3-2-4-6-12)9-13-7-8-14(17)10-15(13)18/h2-8,10-11H,9H2,1H3. The normalized spacial score (nSPS) is 12.2. The molecular weight excluding hydrogens is 279 g/mol. The van der Waals surface area contributed by atoms with Crippen LogP contribution in [0.3, 0.4) is 0 Å². The fourth-order valence-corrected chi connectivity index (χ4v) is 2.48. The lowest BCUT2D eigenvalue weighted by molar-refractivity contribution is 0.0929. The number of hydrogen-bond acceptors (Lipinski definition) is 1. The Morgan fingerprint density at radius 2 is 1.79 bits per heavy atom. The molecule has 0 spiro atoms. The van der Waals surface area contributed by atoms with Crippen molar-refractivity contribution in [1.82, 2.24) is 0 Å². The minimum absolute atomic E-state index is 0.110. The van der Waals surface area contributed by atoms with Gasteiger partial charge in [0.25, 0.3) is 0 Å². The zero-order chi connectivity index (χ0) is 13.8. The average Bonchev–Trinajstić information content (AvgIpc) is 2.42. The van der Waals surface area contributed by atoms with Crippen LogP contribution in [-0.4, -0.2) is 5.78 Å². The summed E-state index contributed by atoms with van der Waals surface area (Å²) in [5.41, 5.74) is 1.68. The molecule has 1 unspecified atom stereocenters. The molecule has 3 heteroatoms. The maximum absolute atomic E-state index is 12.3. The van der Waals surface area contributed by atoms with Crippen LogP contribution in [-0.2, 0) is 6.42 Å². The van der Waals surface area contributed by atoms with Gasteiger partial charge >= 0.3 is 0 Å². The highest BCUT2D eigenvalue weighted by atomic mass is 35.5.